The first kappa shape index (κ1) is 14.9. The van der Waals surface area contributed by atoms with Crippen molar-refractivity contribution in [2.75, 3.05) is 13.2 Å². The van der Waals surface area contributed by atoms with Gasteiger partial charge in [0.2, 0.25) is 0 Å². The number of carbonyl (C=O) groups excluding carboxylic acids is 1. The largest absolute Gasteiger partial charge is 0.491 e. The molecule has 0 aliphatic heterocycles. The summed E-state index contributed by atoms with van der Waals surface area (Å²) in [5.74, 6) is 0.557. The minimum Gasteiger partial charge on any atom is -0.491 e. The zero-order valence-electron chi connectivity index (χ0n) is 12.4. The first-order valence-electron chi connectivity index (χ1n) is 7.18. The first-order valence-corrected chi connectivity index (χ1v) is 7.18. The van der Waals surface area contributed by atoms with Gasteiger partial charge in [0.25, 0.3) is 0 Å². The quantitative estimate of drug-likeness (QED) is 0.778. The fraction of sp³-hybridized carbons (Fsp3) is 0.562. The highest BCUT2D eigenvalue weighted by molar-refractivity contribution is 5.80. The average Bonchev–Trinajstić information content (AvgIpc) is 3.22. The second-order valence-electron chi connectivity index (χ2n) is 5.53. The highest BCUT2D eigenvalue weighted by atomic mass is 16.5. The molecule has 0 spiro atoms. The summed E-state index contributed by atoms with van der Waals surface area (Å²) in [6.45, 7) is 6.31. The number of hydrogen-bond donors (Lipinski definition) is 1. The Balaban J connectivity index is 2.03. The van der Waals surface area contributed by atoms with Gasteiger partial charge in [0, 0.05) is 6.04 Å². The van der Waals surface area contributed by atoms with E-state index in [1.54, 1.807) is 0 Å². The van der Waals surface area contributed by atoms with E-state index in [0.717, 1.165) is 24.2 Å². The molecule has 1 atom stereocenters. The first-order chi connectivity index (χ1) is 9.55. The summed E-state index contributed by atoms with van der Waals surface area (Å²) in [6.07, 6.45) is 2.22. The lowest BCUT2D eigenvalue weighted by Crippen LogP contribution is -2.55. The molecule has 4 nitrogen and oxygen atoms in total. The molecule has 0 heterocycles. The standard InChI is InChI=1S/C16H23NO3/c1-4-19-15(18)16(3,17-13-9-10-13)11-20-14-8-6-5-7-12(14)2/h5-8,13,17H,4,9-11H2,1-3H3. The van der Waals surface area contributed by atoms with Gasteiger partial charge < -0.3 is 9.47 Å². The number of carbonyl (C=O) groups is 1. The maximum absolute atomic E-state index is 12.2. The van der Waals surface area contributed by atoms with E-state index in [1.807, 2.05) is 45.0 Å². The van der Waals surface area contributed by atoms with Gasteiger partial charge in [-0.15, -0.1) is 0 Å². The second-order valence-corrected chi connectivity index (χ2v) is 5.53. The fourth-order valence-electron chi connectivity index (χ4n) is 2.07. The Kier molecular flexibility index (Phi) is 4.65. The number of hydrogen-bond acceptors (Lipinski definition) is 4. The van der Waals surface area contributed by atoms with Crippen LogP contribution in [0.3, 0.4) is 0 Å². The van der Waals surface area contributed by atoms with Crippen LogP contribution in [-0.4, -0.2) is 30.8 Å². The van der Waals surface area contributed by atoms with E-state index in [9.17, 15) is 4.79 Å². The van der Waals surface area contributed by atoms with Crippen LogP contribution < -0.4 is 10.1 Å². The number of benzene rings is 1. The summed E-state index contributed by atoms with van der Waals surface area (Å²) >= 11 is 0. The van der Waals surface area contributed by atoms with Crippen molar-refractivity contribution >= 4 is 5.97 Å². The van der Waals surface area contributed by atoms with Gasteiger partial charge in [0.15, 0.2) is 0 Å². The number of rotatable bonds is 7. The van der Waals surface area contributed by atoms with Gasteiger partial charge in [-0.3, -0.25) is 5.32 Å². The Labute approximate surface area is 120 Å². The molecule has 0 bridgehead atoms. The topological polar surface area (TPSA) is 47.6 Å². The van der Waals surface area contributed by atoms with Crippen molar-refractivity contribution in [3.8, 4) is 5.75 Å². The summed E-state index contributed by atoms with van der Waals surface area (Å²) in [5, 5.41) is 3.34. The number of ether oxygens (including phenoxy) is 2. The van der Waals surface area contributed by atoms with Crippen molar-refractivity contribution in [3.05, 3.63) is 29.8 Å². The van der Waals surface area contributed by atoms with E-state index in [4.69, 9.17) is 9.47 Å². The lowest BCUT2D eigenvalue weighted by Gasteiger charge is -2.28. The lowest BCUT2D eigenvalue weighted by atomic mass is 10.0. The van der Waals surface area contributed by atoms with Gasteiger partial charge >= 0.3 is 5.97 Å². The minimum absolute atomic E-state index is 0.250. The minimum atomic E-state index is -0.792. The second kappa shape index (κ2) is 6.27. The van der Waals surface area contributed by atoms with Crippen LogP contribution >= 0.6 is 0 Å². The van der Waals surface area contributed by atoms with Gasteiger partial charge in [0.1, 0.15) is 17.9 Å². The monoisotopic (exact) mass is 277 g/mol. The molecular formula is C16H23NO3. The van der Waals surface area contributed by atoms with Crippen LogP contribution in [0.4, 0.5) is 0 Å². The molecule has 1 saturated carbocycles. The fourth-order valence-corrected chi connectivity index (χ4v) is 2.07. The predicted molar refractivity (Wildman–Crippen MR) is 77.9 cm³/mol. The molecule has 0 amide bonds. The zero-order valence-corrected chi connectivity index (χ0v) is 12.4. The molecular weight excluding hydrogens is 254 g/mol. The highest BCUT2D eigenvalue weighted by Gasteiger charge is 2.40. The van der Waals surface area contributed by atoms with E-state index >= 15 is 0 Å². The van der Waals surface area contributed by atoms with Crippen molar-refractivity contribution < 1.29 is 14.3 Å². The van der Waals surface area contributed by atoms with E-state index in [2.05, 4.69) is 5.32 Å². The number of esters is 1. The molecule has 1 unspecified atom stereocenters. The number of aryl methyl sites for hydroxylation is 1. The van der Waals surface area contributed by atoms with E-state index in [1.165, 1.54) is 0 Å². The van der Waals surface area contributed by atoms with E-state index in [0.29, 0.717) is 12.6 Å². The summed E-state index contributed by atoms with van der Waals surface area (Å²) in [6, 6.07) is 8.21. The molecule has 1 aliphatic carbocycles. The van der Waals surface area contributed by atoms with Crippen LogP contribution in [0.15, 0.2) is 24.3 Å². The Morgan fingerprint density at radius 1 is 1.40 bits per heavy atom. The third-order valence-electron chi connectivity index (χ3n) is 3.44. The van der Waals surface area contributed by atoms with Crippen molar-refractivity contribution in [1.82, 2.24) is 5.32 Å². The van der Waals surface area contributed by atoms with Crippen LogP contribution in [0.1, 0.15) is 32.3 Å². The van der Waals surface area contributed by atoms with Crippen molar-refractivity contribution in [2.45, 2.75) is 45.2 Å². The van der Waals surface area contributed by atoms with Crippen molar-refractivity contribution in [2.24, 2.45) is 0 Å². The van der Waals surface area contributed by atoms with Crippen LogP contribution in [-0.2, 0) is 9.53 Å². The highest BCUT2D eigenvalue weighted by Crippen LogP contribution is 2.24. The van der Waals surface area contributed by atoms with Gasteiger partial charge in [0.05, 0.1) is 6.61 Å². The zero-order chi connectivity index (χ0) is 14.6. The smallest absolute Gasteiger partial charge is 0.329 e. The normalized spacial score (nSPS) is 17.4. The molecule has 0 aromatic heterocycles. The molecule has 1 aromatic rings. The van der Waals surface area contributed by atoms with Crippen molar-refractivity contribution in [3.63, 3.8) is 0 Å². The van der Waals surface area contributed by atoms with Crippen LogP contribution in [0.25, 0.3) is 0 Å². The third-order valence-corrected chi connectivity index (χ3v) is 3.44. The Hall–Kier alpha value is -1.55. The molecule has 20 heavy (non-hydrogen) atoms. The van der Waals surface area contributed by atoms with Gasteiger partial charge in [-0.05, 0) is 45.2 Å². The molecule has 0 radical (unpaired) electrons. The summed E-state index contributed by atoms with van der Waals surface area (Å²) < 4.78 is 11.0. The lowest BCUT2D eigenvalue weighted by molar-refractivity contribution is -0.152. The van der Waals surface area contributed by atoms with Crippen LogP contribution in [0.2, 0.25) is 0 Å². The third kappa shape index (κ3) is 3.73. The Bertz CT molecular complexity index is 471. The molecule has 1 fully saturated rings. The molecule has 1 aliphatic rings. The summed E-state index contributed by atoms with van der Waals surface area (Å²) in [5.41, 5.74) is 0.268. The molecule has 110 valence electrons. The van der Waals surface area contributed by atoms with Crippen LogP contribution in [0.5, 0.6) is 5.75 Å². The average molecular weight is 277 g/mol. The summed E-state index contributed by atoms with van der Waals surface area (Å²) in [7, 11) is 0. The van der Waals surface area contributed by atoms with Gasteiger partial charge in [-0.25, -0.2) is 4.79 Å². The van der Waals surface area contributed by atoms with Crippen molar-refractivity contribution in [1.29, 1.82) is 0 Å². The molecule has 0 saturated heterocycles. The van der Waals surface area contributed by atoms with E-state index in [-0.39, 0.29) is 12.6 Å². The number of para-hydroxylation sites is 1. The SMILES string of the molecule is CCOC(=O)C(C)(COc1ccccc1C)NC1CC1. The predicted octanol–water partition coefficient (Wildman–Crippen LogP) is 2.45. The summed E-state index contributed by atoms with van der Waals surface area (Å²) in [4.78, 5) is 12.2. The molecule has 2 rings (SSSR count). The Morgan fingerprint density at radius 3 is 2.70 bits per heavy atom. The number of nitrogens with one attached hydrogen (secondary N) is 1. The van der Waals surface area contributed by atoms with Crippen LogP contribution in [0, 0.1) is 6.92 Å². The molecule has 1 N–H and O–H groups in total. The molecule has 4 heteroatoms. The molecule has 1 aromatic carbocycles. The maximum atomic E-state index is 12.2. The van der Waals surface area contributed by atoms with Gasteiger partial charge in [-0.1, -0.05) is 18.2 Å². The maximum Gasteiger partial charge on any atom is 0.329 e. The Morgan fingerprint density at radius 2 is 2.10 bits per heavy atom. The van der Waals surface area contributed by atoms with Gasteiger partial charge in [-0.2, -0.15) is 0 Å². The van der Waals surface area contributed by atoms with E-state index < -0.39 is 5.54 Å².